The molecule has 0 saturated carbocycles. The lowest BCUT2D eigenvalue weighted by molar-refractivity contribution is 1.14. The number of halogens is 1. The van der Waals surface area contributed by atoms with Crippen LogP contribution in [0.1, 0.15) is 0 Å². The highest BCUT2D eigenvalue weighted by molar-refractivity contribution is 14.1. The molecule has 0 bridgehead atoms. The van der Waals surface area contributed by atoms with E-state index in [0.717, 1.165) is 25.9 Å². The van der Waals surface area contributed by atoms with E-state index in [9.17, 15) is 0 Å². The van der Waals surface area contributed by atoms with Crippen LogP contribution >= 0.6 is 22.6 Å². The SMILES string of the molecule is Ic1cc(-c2cnc3ccccc3c2)ncn1. The number of fused-ring (bicyclic) bond motifs is 1. The van der Waals surface area contributed by atoms with Crippen molar-refractivity contribution in [1.82, 2.24) is 15.0 Å². The third-order valence-corrected chi connectivity index (χ3v) is 3.11. The second-order valence-electron chi connectivity index (χ2n) is 3.64. The molecule has 2 aromatic heterocycles. The molecule has 3 aromatic rings. The highest BCUT2D eigenvalue weighted by atomic mass is 127. The van der Waals surface area contributed by atoms with E-state index in [2.05, 4.69) is 49.7 Å². The number of pyridine rings is 1. The molecule has 0 aliphatic carbocycles. The minimum atomic E-state index is 0.905. The Bertz CT molecular complexity index is 682. The second-order valence-corrected chi connectivity index (χ2v) is 4.75. The van der Waals surface area contributed by atoms with Gasteiger partial charge in [0.25, 0.3) is 0 Å². The normalized spacial score (nSPS) is 10.6. The third kappa shape index (κ3) is 2.12. The molecule has 0 atom stereocenters. The lowest BCUT2D eigenvalue weighted by atomic mass is 10.1. The molecular formula is C13H8IN3. The van der Waals surface area contributed by atoms with E-state index < -0.39 is 0 Å². The molecule has 0 unspecified atom stereocenters. The largest absolute Gasteiger partial charge is 0.256 e. The predicted octanol–water partition coefficient (Wildman–Crippen LogP) is 3.30. The maximum atomic E-state index is 4.42. The Labute approximate surface area is 112 Å². The van der Waals surface area contributed by atoms with Gasteiger partial charge in [-0.3, -0.25) is 4.98 Å². The van der Waals surface area contributed by atoms with Gasteiger partial charge < -0.3 is 0 Å². The monoisotopic (exact) mass is 333 g/mol. The number of benzene rings is 1. The van der Waals surface area contributed by atoms with Crippen LogP contribution in [0.4, 0.5) is 0 Å². The van der Waals surface area contributed by atoms with Gasteiger partial charge in [-0.05, 0) is 40.8 Å². The lowest BCUT2D eigenvalue weighted by Crippen LogP contribution is -1.89. The number of rotatable bonds is 1. The summed E-state index contributed by atoms with van der Waals surface area (Å²) < 4.78 is 0.931. The molecule has 0 aliphatic rings. The van der Waals surface area contributed by atoms with E-state index in [-0.39, 0.29) is 0 Å². The van der Waals surface area contributed by atoms with E-state index in [1.165, 1.54) is 0 Å². The quantitative estimate of drug-likeness (QED) is 0.507. The van der Waals surface area contributed by atoms with Crippen LogP contribution in [0.25, 0.3) is 22.2 Å². The maximum Gasteiger partial charge on any atom is 0.117 e. The maximum absolute atomic E-state index is 4.42. The summed E-state index contributed by atoms with van der Waals surface area (Å²) in [5.41, 5.74) is 2.92. The first-order valence-electron chi connectivity index (χ1n) is 5.16. The zero-order chi connectivity index (χ0) is 11.7. The Kier molecular flexibility index (Phi) is 2.72. The van der Waals surface area contributed by atoms with Gasteiger partial charge >= 0.3 is 0 Å². The van der Waals surface area contributed by atoms with Crippen molar-refractivity contribution in [2.45, 2.75) is 0 Å². The fraction of sp³-hybridized carbons (Fsp3) is 0. The molecule has 1 aromatic carbocycles. The van der Waals surface area contributed by atoms with Crippen LogP contribution in [0.15, 0.2) is 48.9 Å². The summed E-state index contributed by atoms with van der Waals surface area (Å²) in [6, 6.07) is 12.1. The van der Waals surface area contributed by atoms with E-state index in [1.54, 1.807) is 6.33 Å². The summed E-state index contributed by atoms with van der Waals surface area (Å²) in [6.45, 7) is 0. The predicted molar refractivity (Wildman–Crippen MR) is 75.5 cm³/mol. The number of aromatic nitrogens is 3. The topological polar surface area (TPSA) is 38.7 Å². The molecule has 3 nitrogen and oxygen atoms in total. The van der Waals surface area contributed by atoms with E-state index in [4.69, 9.17) is 0 Å². The molecule has 0 spiro atoms. The molecule has 0 amide bonds. The van der Waals surface area contributed by atoms with Gasteiger partial charge in [-0.1, -0.05) is 18.2 Å². The van der Waals surface area contributed by atoms with Crippen LogP contribution in [0.5, 0.6) is 0 Å². The molecular weight excluding hydrogens is 325 g/mol. The van der Waals surface area contributed by atoms with Crippen LogP contribution < -0.4 is 0 Å². The van der Waals surface area contributed by atoms with Crippen LogP contribution in [-0.4, -0.2) is 15.0 Å². The van der Waals surface area contributed by atoms with Gasteiger partial charge in [0.05, 0.1) is 11.2 Å². The minimum absolute atomic E-state index is 0.905. The third-order valence-electron chi connectivity index (χ3n) is 2.52. The Morgan fingerprint density at radius 3 is 2.71 bits per heavy atom. The van der Waals surface area contributed by atoms with Gasteiger partial charge in [0.1, 0.15) is 10.0 Å². The van der Waals surface area contributed by atoms with Crippen molar-refractivity contribution in [3.8, 4) is 11.3 Å². The van der Waals surface area contributed by atoms with Gasteiger partial charge in [-0.2, -0.15) is 0 Å². The summed E-state index contributed by atoms with van der Waals surface area (Å²) in [5, 5.41) is 1.12. The van der Waals surface area contributed by atoms with Gasteiger partial charge in [0.2, 0.25) is 0 Å². The van der Waals surface area contributed by atoms with Gasteiger partial charge in [0, 0.05) is 17.1 Å². The summed E-state index contributed by atoms with van der Waals surface area (Å²) in [6.07, 6.45) is 3.42. The van der Waals surface area contributed by atoms with Crippen molar-refractivity contribution in [1.29, 1.82) is 0 Å². The minimum Gasteiger partial charge on any atom is -0.256 e. The lowest BCUT2D eigenvalue weighted by Gasteiger charge is -2.02. The second kappa shape index (κ2) is 4.37. The Morgan fingerprint density at radius 1 is 0.941 bits per heavy atom. The molecule has 3 rings (SSSR count). The van der Waals surface area contributed by atoms with Crippen LogP contribution in [0, 0.1) is 3.70 Å². The smallest absolute Gasteiger partial charge is 0.117 e. The van der Waals surface area contributed by atoms with Gasteiger partial charge in [-0.15, -0.1) is 0 Å². The van der Waals surface area contributed by atoms with Crippen LogP contribution in [0.2, 0.25) is 0 Å². The first kappa shape index (κ1) is 10.6. The number of para-hydroxylation sites is 1. The van der Waals surface area contributed by atoms with Crippen molar-refractivity contribution >= 4 is 33.5 Å². The molecule has 2 heterocycles. The van der Waals surface area contributed by atoms with E-state index >= 15 is 0 Å². The highest BCUT2D eigenvalue weighted by Crippen LogP contribution is 2.21. The molecule has 17 heavy (non-hydrogen) atoms. The fourth-order valence-corrected chi connectivity index (χ4v) is 2.12. The summed E-state index contributed by atoms with van der Waals surface area (Å²) >= 11 is 2.18. The molecule has 0 radical (unpaired) electrons. The summed E-state index contributed by atoms with van der Waals surface area (Å²) in [7, 11) is 0. The first-order valence-corrected chi connectivity index (χ1v) is 6.23. The van der Waals surface area contributed by atoms with Crippen LogP contribution in [-0.2, 0) is 0 Å². The van der Waals surface area contributed by atoms with Gasteiger partial charge in [-0.25, -0.2) is 9.97 Å². The zero-order valence-corrected chi connectivity index (χ0v) is 11.0. The molecule has 0 fully saturated rings. The zero-order valence-electron chi connectivity index (χ0n) is 8.84. The van der Waals surface area contributed by atoms with Crippen molar-refractivity contribution in [3.05, 3.63) is 52.6 Å². The number of nitrogens with zero attached hydrogens (tertiary/aromatic N) is 3. The number of hydrogen-bond donors (Lipinski definition) is 0. The Hall–Kier alpha value is -1.56. The summed E-state index contributed by atoms with van der Waals surface area (Å²) in [5.74, 6) is 0. The van der Waals surface area contributed by atoms with Crippen molar-refractivity contribution < 1.29 is 0 Å². The molecule has 0 aliphatic heterocycles. The Morgan fingerprint density at radius 2 is 1.82 bits per heavy atom. The van der Waals surface area contributed by atoms with Gasteiger partial charge in [0.15, 0.2) is 0 Å². The van der Waals surface area contributed by atoms with Crippen LogP contribution in [0.3, 0.4) is 0 Å². The molecule has 4 heteroatoms. The van der Waals surface area contributed by atoms with E-state index in [1.807, 2.05) is 30.5 Å². The summed E-state index contributed by atoms with van der Waals surface area (Å²) in [4.78, 5) is 12.8. The van der Waals surface area contributed by atoms with E-state index in [0.29, 0.717) is 0 Å². The fourth-order valence-electron chi connectivity index (χ4n) is 1.70. The van der Waals surface area contributed by atoms with Crippen molar-refractivity contribution in [2.75, 3.05) is 0 Å². The molecule has 82 valence electrons. The highest BCUT2D eigenvalue weighted by Gasteiger charge is 2.02. The molecule has 0 saturated heterocycles. The Balaban J connectivity index is 2.18. The molecule has 0 N–H and O–H groups in total. The number of hydrogen-bond acceptors (Lipinski definition) is 3. The van der Waals surface area contributed by atoms with Crippen molar-refractivity contribution in [2.24, 2.45) is 0 Å². The average Bonchev–Trinajstić information content (AvgIpc) is 2.38. The van der Waals surface area contributed by atoms with Crippen molar-refractivity contribution in [3.63, 3.8) is 0 Å². The average molecular weight is 333 g/mol. The standard InChI is InChI=1S/C13H8IN3/c14-13-6-12(16-8-17-13)10-5-9-3-1-2-4-11(9)15-7-10/h1-8H. The first-order chi connectivity index (χ1) is 8.33.